The van der Waals surface area contributed by atoms with Crippen molar-refractivity contribution in [3.05, 3.63) is 36.3 Å². The molecule has 6 heteroatoms. The van der Waals surface area contributed by atoms with Crippen LogP contribution in [0.4, 0.5) is 5.82 Å². The second-order valence-corrected chi connectivity index (χ2v) is 8.66. The second kappa shape index (κ2) is 6.09. The van der Waals surface area contributed by atoms with E-state index in [1.807, 2.05) is 17.9 Å². The van der Waals surface area contributed by atoms with Crippen molar-refractivity contribution in [1.29, 1.82) is 0 Å². The Kier molecular flexibility index (Phi) is 4.02. The molecule has 134 valence electrons. The minimum Gasteiger partial charge on any atom is -0.356 e. The van der Waals surface area contributed by atoms with Crippen molar-refractivity contribution in [2.45, 2.75) is 32.7 Å². The summed E-state index contributed by atoms with van der Waals surface area (Å²) in [6.45, 7) is 12.1. The Morgan fingerprint density at radius 1 is 1.04 bits per heavy atom. The van der Waals surface area contributed by atoms with Crippen LogP contribution in [0.2, 0.25) is 0 Å². The average molecular weight is 340 g/mol. The van der Waals surface area contributed by atoms with Crippen LogP contribution in [0.3, 0.4) is 0 Å². The van der Waals surface area contributed by atoms with Crippen LogP contribution in [-0.4, -0.2) is 50.6 Å². The molecule has 25 heavy (non-hydrogen) atoms. The van der Waals surface area contributed by atoms with E-state index in [1.165, 1.54) is 5.69 Å². The maximum Gasteiger partial charge on any atom is 0.132 e. The largest absolute Gasteiger partial charge is 0.356 e. The van der Waals surface area contributed by atoms with Crippen LogP contribution in [0, 0.1) is 11.8 Å². The molecule has 0 N–H and O–H groups in total. The first-order valence-electron chi connectivity index (χ1n) is 9.15. The van der Waals surface area contributed by atoms with Crippen LogP contribution < -0.4 is 4.90 Å². The summed E-state index contributed by atoms with van der Waals surface area (Å²) in [5.74, 6) is 2.55. The molecule has 0 aromatic carbocycles. The Morgan fingerprint density at radius 2 is 1.76 bits per heavy atom. The topological polar surface area (TPSA) is 50.1 Å². The summed E-state index contributed by atoms with van der Waals surface area (Å²) in [5.41, 5.74) is 2.35. The molecule has 4 heterocycles. The van der Waals surface area contributed by atoms with Gasteiger partial charge in [0.05, 0.1) is 17.7 Å². The first-order chi connectivity index (χ1) is 11.9. The highest BCUT2D eigenvalue weighted by Crippen LogP contribution is 2.34. The van der Waals surface area contributed by atoms with Gasteiger partial charge in [-0.3, -0.25) is 4.90 Å². The lowest BCUT2D eigenvalue weighted by molar-refractivity contribution is 0.305. The lowest BCUT2D eigenvalue weighted by atomic mass is 9.92. The maximum atomic E-state index is 4.54. The van der Waals surface area contributed by atoms with Gasteiger partial charge >= 0.3 is 0 Å². The number of aryl methyl sites for hydroxylation is 1. The smallest absolute Gasteiger partial charge is 0.132 e. The molecule has 2 aromatic rings. The number of nitrogens with zero attached hydrogens (tertiary/aromatic N) is 6. The molecule has 0 aliphatic carbocycles. The van der Waals surface area contributed by atoms with Crippen LogP contribution in [0.25, 0.3) is 0 Å². The van der Waals surface area contributed by atoms with Crippen molar-refractivity contribution in [2.24, 2.45) is 18.9 Å². The standard InChI is InChI=1S/C19H28N6/c1-19(2,3)17-5-18(21-12-20-17)25-8-14-6-24(7-15(14)9-25)11-16-10-23(4)13-22-16/h5,10,12-15H,6-9,11H2,1-4H3. The zero-order valence-electron chi connectivity index (χ0n) is 15.7. The molecule has 0 spiro atoms. The third-order valence-corrected chi connectivity index (χ3v) is 5.45. The Labute approximate surface area is 149 Å². The van der Waals surface area contributed by atoms with Gasteiger partial charge < -0.3 is 9.47 Å². The molecule has 2 aliphatic heterocycles. The van der Waals surface area contributed by atoms with Crippen LogP contribution in [0.1, 0.15) is 32.2 Å². The van der Waals surface area contributed by atoms with Crippen LogP contribution in [0.5, 0.6) is 0 Å². The van der Waals surface area contributed by atoms with Gasteiger partial charge in [0.1, 0.15) is 12.1 Å². The summed E-state index contributed by atoms with van der Waals surface area (Å²) >= 11 is 0. The zero-order valence-corrected chi connectivity index (χ0v) is 15.7. The van der Waals surface area contributed by atoms with E-state index >= 15 is 0 Å². The van der Waals surface area contributed by atoms with Gasteiger partial charge in [0.2, 0.25) is 0 Å². The highest BCUT2D eigenvalue weighted by Gasteiger charge is 2.40. The van der Waals surface area contributed by atoms with Crippen molar-refractivity contribution in [1.82, 2.24) is 24.4 Å². The van der Waals surface area contributed by atoms with E-state index in [0.717, 1.165) is 56.1 Å². The molecule has 2 aliphatic rings. The molecule has 0 saturated carbocycles. The summed E-state index contributed by atoms with van der Waals surface area (Å²) in [7, 11) is 2.03. The van der Waals surface area contributed by atoms with Gasteiger partial charge in [0.25, 0.3) is 0 Å². The van der Waals surface area contributed by atoms with Crippen molar-refractivity contribution < 1.29 is 0 Å². The van der Waals surface area contributed by atoms with Crippen molar-refractivity contribution in [3.8, 4) is 0 Å². The Bertz CT molecular complexity index is 732. The van der Waals surface area contributed by atoms with Gasteiger partial charge in [-0.1, -0.05) is 20.8 Å². The molecule has 2 aromatic heterocycles. The molecule has 0 amide bonds. The monoisotopic (exact) mass is 340 g/mol. The predicted molar refractivity (Wildman–Crippen MR) is 98.4 cm³/mol. The predicted octanol–water partition coefficient (Wildman–Crippen LogP) is 2.08. The average Bonchev–Trinajstić information content (AvgIpc) is 3.22. The fourth-order valence-electron chi connectivity index (χ4n) is 4.11. The van der Waals surface area contributed by atoms with E-state index in [9.17, 15) is 0 Å². The van der Waals surface area contributed by atoms with Gasteiger partial charge in [-0.05, 0) is 11.8 Å². The fraction of sp³-hybridized carbons (Fsp3) is 0.632. The SMILES string of the molecule is Cn1cnc(CN2CC3CN(c4cc(C(C)(C)C)ncn4)CC3C2)c1. The van der Waals surface area contributed by atoms with E-state index in [2.05, 4.69) is 57.8 Å². The number of fused-ring (bicyclic) bond motifs is 1. The summed E-state index contributed by atoms with van der Waals surface area (Å²) in [5, 5.41) is 0. The van der Waals surface area contributed by atoms with Gasteiger partial charge in [-0.25, -0.2) is 15.0 Å². The van der Waals surface area contributed by atoms with Crippen LogP contribution in [-0.2, 0) is 19.0 Å². The van der Waals surface area contributed by atoms with Gasteiger partial charge in [-0.15, -0.1) is 0 Å². The minimum atomic E-state index is 0.0623. The first kappa shape index (κ1) is 16.5. The normalized spacial score (nSPS) is 24.1. The highest BCUT2D eigenvalue weighted by atomic mass is 15.3. The Morgan fingerprint density at radius 3 is 2.36 bits per heavy atom. The lowest BCUT2D eigenvalue weighted by Gasteiger charge is -2.24. The Balaban J connectivity index is 1.39. The van der Waals surface area contributed by atoms with Crippen molar-refractivity contribution in [3.63, 3.8) is 0 Å². The second-order valence-electron chi connectivity index (χ2n) is 8.66. The molecule has 2 unspecified atom stereocenters. The van der Waals surface area contributed by atoms with Crippen molar-refractivity contribution >= 4 is 5.82 Å². The van der Waals surface area contributed by atoms with Gasteiger partial charge in [-0.2, -0.15) is 0 Å². The molecular weight excluding hydrogens is 312 g/mol. The number of anilines is 1. The maximum absolute atomic E-state index is 4.54. The van der Waals surface area contributed by atoms with E-state index in [0.29, 0.717) is 0 Å². The lowest BCUT2D eigenvalue weighted by Crippen LogP contribution is -2.29. The zero-order chi connectivity index (χ0) is 17.6. The molecule has 2 fully saturated rings. The Hall–Kier alpha value is -1.95. The molecule has 4 rings (SSSR count). The minimum absolute atomic E-state index is 0.0623. The number of hydrogen-bond donors (Lipinski definition) is 0. The van der Waals surface area contributed by atoms with E-state index in [1.54, 1.807) is 6.33 Å². The third-order valence-electron chi connectivity index (χ3n) is 5.45. The summed E-state index contributed by atoms with van der Waals surface area (Å²) < 4.78 is 2.02. The van der Waals surface area contributed by atoms with Crippen LogP contribution in [0.15, 0.2) is 24.9 Å². The third kappa shape index (κ3) is 3.40. The summed E-state index contributed by atoms with van der Waals surface area (Å²) in [6, 6.07) is 2.17. The fourth-order valence-corrected chi connectivity index (χ4v) is 4.11. The van der Waals surface area contributed by atoms with E-state index in [4.69, 9.17) is 0 Å². The van der Waals surface area contributed by atoms with Gasteiger partial charge in [0, 0.05) is 57.4 Å². The molecule has 2 atom stereocenters. The number of imidazole rings is 1. The number of aromatic nitrogens is 4. The van der Waals surface area contributed by atoms with E-state index < -0.39 is 0 Å². The summed E-state index contributed by atoms with van der Waals surface area (Å²) in [6.07, 6.45) is 5.72. The molecule has 0 bridgehead atoms. The van der Waals surface area contributed by atoms with Crippen molar-refractivity contribution in [2.75, 3.05) is 31.1 Å². The molecule has 0 radical (unpaired) electrons. The number of rotatable bonds is 3. The molecule has 6 nitrogen and oxygen atoms in total. The number of hydrogen-bond acceptors (Lipinski definition) is 5. The summed E-state index contributed by atoms with van der Waals surface area (Å²) in [4.78, 5) is 18.5. The highest BCUT2D eigenvalue weighted by molar-refractivity contribution is 5.42. The van der Waals surface area contributed by atoms with E-state index in [-0.39, 0.29) is 5.41 Å². The van der Waals surface area contributed by atoms with Crippen LogP contribution >= 0.6 is 0 Å². The first-order valence-corrected chi connectivity index (χ1v) is 9.15. The molecule has 2 saturated heterocycles. The number of likely N-dealkylation sites (tertiary alicyclic amines) is 1. The van der Waals surface area contributed by atoms with Gasteiger partial charge in [0.15, 0.2) is 0 Å². The quantitative estimate of drug-likeness (QED) is 0.856. The molecular formula is C19H28N6.